The van der Waals surface area contributed by atoms with Crippen molar-refractivity contribution in [2.45, 2.75) is 12.3 Å². The molecule has 14 aromatic rings. The quantitative estimate of drug-likeness (QED) is 0.151. The molecule has 0 radical (unpaired) electrons. The van der Waals surface area contributed by atoms with E-state index in [1.165, 1.54) is 104 Å². The zero-order valence-electron chi connectivity index (χ0n) is 38.2. The molecule has 0 fully saturated rings. The molecule has 0 saturated carbocycles. The average molecular weight is 893 g/mol. The molecule has 1 atom stereocenters. The van der Waals surface area contributed by atoms with Crippen LogP contribution in [0.1, 0.15) is 17.9 Å². The minimum absolute atomic E-state index is 0.285. The summed E-state index contributed by atoms with van der Waals surface area (Å²) < 4.78 is 5.09. The Bertz CT molecular complexity index is 4370. The smallest absolute Gasteiger partial charge is 0.0641 e. The monoisotopic (exact) mass is 892 g/mol. The predicted octanol–water partition coefficient (Wildman–Crippen LogP) is 17.9. The highest BCUT2D eigenvalue weighted by Gasteiger charge is 2.29. The number of nitrogens with zero attached hydrogens (tertiary/aromatic N) is 4. The highest BCUT2D eigenvalue weighted by atomic mass is 15.2. The molecule has 1 aliphatic carbocycles. The van der Waals surface area contributed by atoms with E-state index in [2.05, 4.69) is 267 Å². The minimum Gasteiger partial charge on any atom is -0.310 e. The van der Waals surface area contributed by atoms with E-state index in [1.807, 2.05) is 0 Å². The molecular formula is C66H44N4. The van der Waals surface area contributed by atoms with E-state index in [0.717, 1.165) is 29.2 Å². The van der Waals surface area contributed by atoms with Gasteiger partial charge in [-0.1, -0.05) is 170 Å². The average Bonchev–Trinajstić information content (AvgIpc) is 4.16. The molecule has 4 nitrogen and oxygen atoms in total. The van der Waals surface area contributed by atoms with Gasteiger partial charge in [-0.3, -0.25) is 0 Å². The van der Waals surface area contributed by atoms with Crippen molar-refractivity contribution in [3.05, 3.63) is 260 Å². The van der Waals surface area contributed by atoms with Crippen LogP contribution in [0.5, 0.6) is 0 Å². The largest absolute Gasteiger partial charge is 0.310 e. The lowest BCUT2D eigenvalue weighted by atomic mass is 9.91. The van der Waals surface area contributed by atoms with Crippen LogP contribution in [0.4, 0.5) is 28.4 Å². The molecule has 0 aliphatic heterocycles. The molecular weight excluding hydrogens is 849 g/mol. The van der Waals surface area contributed by atoms with Gasteiger partial charge in [-0.15, -0.1) is 0 Å². The van der Waals surface area contributed by atoms with E-state index in [0.29, 0.717) is 0 Å². The minimum atomic E-state index is 0.285. The lowest BCUT2D eigenvalue weighted by Crippen LogP contribution is -2.18. The van der Waals surface area contributed by atoms with E-state index in [4.69, 9.17) is 0 Å². The van der Waals surface area contributed by atoms with Crippen LogP contribution in [0.15, 0.2) is 254 Å². The predicted molar refractivity (Wildman–Crippen MR) is 295 cm³/mol. The van der Waals surface area contributed by atoms with Gasteiger partial charge in [0.25, 0.3) is 0 Å². The van der Waals surface area contributed by atoms with E-state index in [-0.39, 0.29) is 5.92 Å². The first-order valence-electron chi connectivity index (χ1n) is 24.4. The molecule has 0 spiro atoms. The summed E-state index contributed by atoms with van der Waals surface area (Å²) in [6.45, 7) is 0. The first-order valence-corrected chi connectivity index (χ1v) is 24.4. The van der Waals surface area contributed by atoms with Crippen molar-refractivity contribution in [3.8, 4) is 11.1 Å². The number of rotatable bonds is 8. The highest BCUT2D eigenvalue weighted by Crippen LogP contribution is 2.51. The van der Waals surface area contributed by atoms with Crippen molar-refractivity contribution in [2.24, 2.45) is 0 Å². The summed E-state index contributed by atoms with van der Waals surface area (Å²) in [5.41, 5.74) is 18.0. The molecule has 4 aromatic heterocycles. The van der Waals surface area contributed by atoms with Crippen LogP contribution in [0, 0.1) is 0 Å². The van der Waals surface area contributed by atoms with Crippen LogP contribution in [0.2, 0.25) is 0 Å². The maximum atomic E-state index is 2.55. The van der Waals surface area contributed by atoms with Gasteiger partial charge in [-0.2, -0.15) is 0 Å². The van der Waals surface area contributed by atoms with Crippen molar-refractivity contribution in [3.63, 3.8) is 0 Å². The van der Waals surface area contributed by atoms with Crippen LogP contribution in [-0.2, 0) is 0 Å². The Hall–Kier alpha value is -9.12. The molecule has 0 bridgehead atoms. The first-order chi connectivity index (χ1) is 34.8. The van der Waals surface area contributed by atoms with Crippen molar-refractivity contribution < 1.29 is 0 Å². The molecule has 4 heteroatoms. The number of benzene rings is 10. The summed E-state index contributed by atoms with van der Waals surface area (Å²) in [7, 11) is 0. The van der Waals surface area contributed by atoms with Crippen molar-refractivity contribution in [1.82, 2.24) is 8.80 Å². The van der Waals surface area contributed by atoms with E-state index >= 15 is 0 Å². The Morgan fingerprint density at radius 2 is 0.843 bits per heavy atom. The van der Waals surface area contributed by atoms with Crippen molar-refractivity contribution in [2.75, 3.05) is 9.80 Å². The van der Waals surface area contributed by atoms with Gasteiger partial charge in [0, 0.05) is 71.8 Å². The zero-order valence-corrected chi connectivity index (χ0v) is 38.2. The molecule has 15 rings (SSSR count). The molecule has 0 amide bonds. The Kier molecular flexibility index (Phi) is 8.45. The van der Waals surface area contributed by atoms with Gasteiger partial charge >= 0.3 is 0 Å². The normalized spacial score (nSPS) is 14.1. The zero-order chi connectivity index (χ0) is 45.9. The SMILES string of the molecule is C1=CC(N(c2ccccc2)c2ccc3c4cc5c(cc4n4c6ccccc6c2c34)c2ccc(N(c3ccccc3)c3cccc(-c4ccccc4)c3)c3c4ccccc4n5c23)=C[C@@H](c2ccccc2)C1. The highest BCUT2D eigenvalue weighted by molar-refractivity contribution is 6.32. The van der Waals surface area contributed by atoms with Gasteiger partial charge in [-0.25, -0.2) is 0 Å². The second-order valence-electron chi connectivity index (χ2n) is 18.8. The fraction of sp³-hybridized carbons (Fsp3) is 0.0303. The third-order valence-electron chi connectivity index (χ3n) is 15.0. The number of para-hydroxylation sites is 4. The van der Waals surface area contributed by atoms with Crippen molar-refractivity contribution in [1.29, 1.82) is 0 Å². The number of anilines is 5. The van der Waals surface area contributed by atoms with Gasteiger partial charge in [0.2, 0.25) is 0 Å². The van der Waals surface area contributed by atoms with Crippen molar-refractivity contribution >= 4 is 105 Å². The third-order valence-corrected chi connectivity index (χ3v) is 15.0. The number of allylic oxidation sites excluding steroid dienone is 3. The van der Waals surface area contributed by atoms with Crippen LogP contribution in [0.25, 0.3) is 87.3 Å². The molecule has 1 aliphatic rings. The van der Waals surface area contributed by atoms with Gasteiger partial charge in [0.05, 0.1) is 44.5 Å². The molecule has 0 unspecified atom stereocenters. The van der Waals surface area contributed by atoms with Crippen LogP contribution < -0.4 is 9.80 Å². The third kappa shape index (κ3) is 5.65. The molecule has 0 saturated heterocycles. The maximum absolute atomic E-state index is 2.55. The summed E-state index contributed by atoms with van der Waals surface area (Å²) >= 11 is 0. The Morgan fingerprint density at radius 1 is 0.357 bits per heavy atom. The summed E-state index contributed by atoms with van der Waals surface area (Å²) in [6, 6.07) is 84.7. The van der Waals surface area contributed by atoms with Gasteiger partial charge in [0.15, 0.2) is 0 Å². The van der Waals surface area contributed by atoms with E-state index < -0.39 is 0 Å². The van der Waals surface area contributed by atoms with Gasteiger partial charge < -0.3 is 18.6 Å². The molecule has 328 valence electrons. The Labute approximate surface area is 404 Å². The lowest BCUT2D eigenvalue weighted by molar-refractivity contribution is 0.838. The van der Waals surface area contributed by atoms with E-state index in [1.54, 1.807) is 0 Å². The maximum Gasteiger partial charge on any atom is 0.0641 e. The molecule has 0 N–H and O–H groups in total. The Balaban J connectivity index is 0.984. The molecule has 10 aromatic carbocycles. The second-order valence-corrected chi connectivity index (χ2v) is 18.8. The fourth-order valence-electron chi connectivity index (χ4n) is 12.1. The number of aromatic nitrogens is 2. The van der Waals surface area contributed by atoms with E-state index in [9.17, 15) is 0 Å². The summed E-state index contributed by atoms with van der Waals surface area (Å²) in [6.07, 6.45) is 8.10. The number of fused-ring (bicyclic) bond motifs is 12. The lowest BCUT2D eigenvalue weighted by Gasteiger charge is -2.30. The topological polar surface area (TPSA) is 15.3 Å². The first kappa shape index (κ1) is 38.9. The Morgan fingerprint density at radius 3 is 1.44 bits per heavy atom. The molecule has 4 heterocycles. The fourth-order valence-corrected chi connectivity index (χ4v) is 12.1. The van der Waals surface area contributed by atoms with Crippen LogP contribution >= 0.6 is 0 Å². The van der Waals surface area contributed by atoms with Gasteiger partial charge in [0.1, 0.15) is 0 Å². The second kappa shape index (κ2) is 15.2. The summed E-state index contributed by atoms with van der Waals surface area (Å²) in [5, 5.41) is 10.0. The van der Waals surface area contributed by atoms with Gasteiger partial charge in [-0.05, 0) is 102 Å². The van der Waals surface area contributed by atoms with Crippen LogP contribution in [-0.4, -0.2) is 8.80 Å². The standard InChI is InChI=1S/C66H44N4/c1-5-19-43(20-6-1)45-23-17-29-49(39-45)67(47-25-9-3-10-26-47)59-37-35-51-55-41-62-56(42-61(55)69-57-33-15-13-31-53(57)63(59)65(51)69)52-36-38-60(64-54-32-14-16-34-58(54)70(62)66(52)64)68(48-27-11-4-12-28-48)50-30-18-24-46(40-50)44-21-7-2-8-22-44/h1-23,25-42,46H,24H2/t46-/m0/s1. The summed E-state index contributed by atoms with van der Waals surface area (Å²) in [5.74, 6) is 0.285. The van der Waals surface area contributed by atoms with Crippen LogP contribution in [0.3, 0.4) is 0 Å². The molecule has 70 heavy (non-hydrogen) atoms. The summed E-state index contributed by atoms with van der Waals surface area (Å²) in [4.78, 5) is 4.93. The number of hydrogen-bond acceptors (Lipinski definition) is 2. The number of hydrogen-bond donors (Lipinski definition) is 0.